The third kappa shape index (κ3) is 6.42. The number of amides is 2. The number of rotatable bonds is 9. The molecule has 1 aromatic heterocycles. The Labute approximate surface area is 171 Å². The van der Waals surface area contributed by atoms with E-state index in [-0.39, 0.29) is 18.2 Å². The number of nitrogens with zero attached hydrogens (tertiary/aromatic N) is 3. The molecule has 1 aromatic carbocycles. The number of anilines is 1. The van der Waals surface area contributed by atoms with Gasteiger partial charge in [0.1, 0.15) is 5.01 Å². The molecule has 1 heterocycles. The summed E-state index contributed by atoms with van der Waals surface area (Å²) in [6, 6.07) is 6.00. The van der Waals surface area contributed by atoms with Gasteiger partial charge in [-0.2, -0.15) is 0 Å². The quantitative estimate of drug-likeness (QED) is 0.699. The molecule has 0 unspecified atom stereocenters. The van der Waals surface area contributed by atoms with Gasteiger partial charge in [0, 0.05) is 30.7 Å². The molecule has 7 heteroatoms. The molecule has 0 saturated carbocycles. The first kappa shape index (κ1) is 22.0. The van der Waals surface area contributed by atoms with Crippen molar-refractivity contribution in [1.82, 2.24) is 14.8 Å². The molecule has 0 radical (unpaired) electrons. The van der Waals surface area contributed by atoms with Gasteiger partial charge in [0.2, 0.25) is 11.8 Å². The second kappa shape index (κ2) is 10.3. The Morgan fingerprint density at radius 2 is 1.89 bits per heavy atom. The lowest BCUT2D eigenvalue weighted by Crippen LogP contribution is -2.38. The minimum atomic E-state index is -0.0698. The maximum Gasteiger partial charge on any atom is 0.236 e. The molecule has 0 aliphatic rings. The van der Waals surface area contributed by atoms with E-state index in [2.05, 4.69) is 10.3 Å². The van der Waals surface area contributed by atoms with Crippen molar-refractivity contribution in [2.24, 2.45) is 0 Å². The Kier molecular flexibility index (Phi) is 8.14. The Bertz CT molecular complexity index is 814. The second-order valence-electron chi connectivity index (χ2n) is 7.01. The molecule has 0 spiro atoms. The summed E-state index contributed by atoms with van der Waals surface area (Å²) in [4.78, 5) is 32.9. The highest BCUT2D eigenvalue weighted by atomic mass is 32.1. The first-order valence-corrected chi connectivity index (χ1v) is 10.5. The van der Waals surface area contributed by atoms with Crippen molar-refractivity contribution < 1.29 is 9.59 Å². The summed E-state index contributed by atoms with van der Waals surface area (Å²) in [5, 5.41) is 5.70. The fourth-order valence-corrected chi connectivity index (χ4v) is 3.73. The summed E-state index contributed by atoms with van der Waals surface area (Å²) in [5.74, 6) is 0.0514. The van der Waals surface area contributed by atoms with Gasteiger partial charge in [-0.15, -0.1) is 11.3 Å². The topological polar surface area (TPSA) is 65.5 Å². The average Bonchev–Trinajstić information content (AvgIpc) is 3.05. The third-order valence-electron chi connectivity index (χ3n) is 4.53. The Hall–Kier alpha value is -2.25. The van der Waals surface area contributed by atoms with Crippen molar-refractivity contribution in [2.75, 3.05) is 32.0 Å². The van der Waals surface area contributed by atoms with E-state index in [9.17, 15) is 9.59 Å². The van der Waals surface area contributed by atoms with E-state index < -0.39 is 0 Å². The van der Waals surface area contributed by atoms with Gasteiger partial charge in [-0.05, 0) is 51.9 Å². The second-order valence-corrected chi connectivity index (χ2v) is 7.96. The maximum absolute atomic E-state index is 12.4. The molecule has 0 aliphatic heterocycles. The van der Waals surface area contributed by atoms with Gasteiger partial charge < -0.3 is 10.2 Å². The van der Waals surface area contributed by atoms with Gasteiger partial charge in [0.25, 0.3) is 0 Å². The normalized spacial score (nSPS) is 10.9. The van der Waals surface area contributed by atoms with Crippen LogP contribution in [0.4, 0.5) is 5.69 Å². The summed E-state index contributed by atoms with van der Waals surface area (Å²) in [6.07, 6.45) is 0.250. The lowest BCUT2D eigenvalue weighted by Gasteiger charge is -2.22. The molecule has 1 N–H and O–H groups in total. The lowest BCUT2D eigenvalue weighted by atomic mass is 10.1. The Morgan fingerprint density at radius 1 is 1.18 bits per heavy atom. The van der Waals surface area contributed by atoms with Crippen LogP contribution in [-0.2, 0) is 22.6 Å². The zero-order valence-corrected chi connectivity index (χ0v) is 18.2. The highest BCUT2D eigenvalue weighted by Gasteiger charge is 2.14. The van der Waals surface area contributed by atoms with Gasteiger partial charge in [0.05, 0.1) is 18.7 Å². The summed E-state index contributed by atoms with van der Waals surface area (Å²) in [7, 11) is 1.91. The van der Waals surface area contributed by atoms with Gasteiger partial charge in [0.15, 0.2) is 0 Å². The molecule has 2 amide bonds. The summed E-state index contributed by atoms with van der Waals surface area (Å²) in [6.45, 7) is 10.3. The molecule has 0 fully saturated rings. The van der Waals surface area contributed by atoms with Gasteiger partial charge in [-0.25, -0.2) is 4.98 Å². The van der Waals surface area contributed by atoms with Crippen LogP contribution in [0.5, 0.6) is 0 Å². The predicted octanol–water partition coefficient (Wildman–Crippen LogP) is 3.24. The van der Waals surface area contributed by atoms with Gasteiger partial charge >= 0.3 is 0 Å². The molecule has 0 bridgehead atoms. The van der Waals surface area contributed by atoms with E-state index in [0.29, 0.717) is 13.1 Å². The SMILES string of the molecule is CCN(CC)C(=O)CN(C)Cc1csc(CC(=O)Nc2cc(C)ccc2C)n1. The molecule has 0 saturated heterocycles. The number of thiazole rings is 1. The molecule has 28 heavy (non-hydrogen) atoms. The van der Waals surface area contributed by atoms with Gasteiger partial charge in [-0.1, -0.05) is 12.1 Å². The fraction of sp³-hybridized carbons (Fsp3) is 0.476. The number of nitrogens with one attached hydrogen (secondary N) is 1. The predicted molar refractivity (Wildman–Crippen MR) is 115 cm³/mol. The van der Waals surface area contributed by atoms with Crippen LogP contribution in [0.15, 0.2) is 23.6 Å². The van der Waals surface area contributed by atoms with Crippen LogP contribution < -0.4 is 5.32 Å². The summed E-state index contributed by atoms with van der Waals surface area (Å²) < 4.78 is 0. The van der Waals surface area contributed by atoms with E-state index in [0.717, 1.165) is 40.6 Å². The van der Waals surface area contributed by atoms with Gasteiger partial charge in [-0.3, -0.25) is 14.5 Å². The minimum Gasteiger partial charge on any atom is -0.342 e. The van der Waals surface area contributed by atoms with E-state index in [1.54, 1.807) is 0 Å². The number of aryl methyl sites for hydroxylation is 2. The van der Waals surface area contributed by atoms with Crippen LogP contribution in [0, 0.1) is 13.8 Å². The van der Waals surface area contributed by atoms with Crippen molar-refractivity contribution >= 4 is 28.8 Å². The summed E-state index contributed by atoms with van der Waals surface area (Å²) >= 11 is 1.48. The number of likely N-dealkylation sites (N-methyl/N-ethyl adjacent to an activating group) is 2. The Morgan fingerprint density at radius 3 is 2.57 bits per heavy atom. The number of aromatic nitrogens is 1. The van der Waals surface area contributed by atoms with Crippen molar-refractivity contribution in [1.29, 1.82) is 0 Å². The molecular formula is C21H30N4O2S. The van der Waals surface area contributed by atoms with Crippen LogP contribution in [0.2, 0.25) is 0 Å². The molecule has 0 atom stereocenters. The largest absolute Gasteiger partial charge is 0.342 e. The van der Waals surface area contributed by atoms with Crippen LogP contribution in [0.3, 0.4) is 0 Å². The molecule has 2 aromatic rings. The molecular weight excluding hydrogens is 372 g/mol. The van der Waals surface area contributed by atoms with Crippen molar-refractivity contribution in [3.8, 4) is 0 Å². The van der Waals surface area contributed by atoms with Crippen LogP contribution in [0.25, 0.3) is 0 Å². The van der Waals surface area contributed by atoms with Crippen LogP contribution >= 0.6 is 11.3 Å². The highest BCUT2D eigenvalue weighted by Crippen LogP contribution is 2.18. The maximum atomic E-state index is 12.4. The fourth-order valence-electron chi connectivity index (χ4n) is 2.94. The van der Waals surface area contributed by atoms with Crippen LogP contribution in [0.1, 0.15) is 35.7 Å². The first-order valence-electron chi connectivity index (χ1n) is 9.59. The van der Waals surface area contributed by atoms with Crippen LogP contribution in [-0.4, -0.2) is 53.3 Å². The standard InChI is InChI=1S/C21H30N4O2S/c1-6-25(7-2)21(27)13-24(5)12-17-14-28-20(22-17)11-19(26)23-18-10-15(3)8-9-16(18)4/h8-10,14H,6-7,11-13H2,1-5H3,(H,23,26). The zero-order chi connectivity index (χ0) is 20.7. The number of carbonyl (C=O) groups is 2. The average molecular weight is 403 g/mol. The van der Waals surface area contributed by atoms with E-state index >= 15 is 0 Å². The van der Waals surface area contributed by atoms with E-state index in [1.807, 2.05) is 68.1 Å². The van der Waals surface area contributed by atoms with Crippen molar-refractivity contribution in [2.45, 2.75) is 40.7 Å². The summed E-state index contributed by atoms with van der Waals surface area (Å²) in [5.41, 5.74) is 3.88. The highest BCUT2D eigenvalue weighted by molar-refractivity contribution is 7.09. The zero-order valence-electron chi connectivity index (χ0n) is 17.4. The third-order valence-corrected chi connectivity index (χ3v) is 5.43. The number of benzene rings is 1. The first-order chi connectivity index (χ1) is 13.3. The van der Waals surface area contributed by atoms with Crippen molar-refractivity contribution in [3.05, 3.63) is 45.4 Å². The number of hydrogen-bond acceptors (Lipinski definition) is 5. The molecule has 0 aliphatic carbocycles. The number of hydrogen-bond donors (Lipinski definition) is 1. The van der Waals surface area contributed by atoms with E-state index in [4.69, 9.17) is 0 Å². The molecule has 6 nitrogen and oxygen atoms in total. The molecule has 2 rings (SSSR count). The van der Waals surface area contributed by atoms with Crippen molar-refractivity contribution in [3.63, 3.8) is 0 Å². The minimum absolute atomic E-state index is 0.0698. The molecule has 152 valence electrons. The lowest BCUT2D eigenvalue weighted by molar-refractivity contribution is -0.131. The Balaban J connectivity index is 1.88. The number of carbonyl (C=O) groups excluding carboxylic acids is 2. The smallest absolute Gasteiger partial charge is 0.236 e. The van der Waals surface area contributed by atoms with E-state index in [1.165, 1.54) is 11.3 Å². The monoisotopic (exact) mass is 402 g/mol.